The summed E-state index contributed by atoms with van der Waals surface area (Å²) < 4.78 is 5.33. The van der Waals surface area contributed by atoms with Crippen LogP contribution >= 0.6 is 0 Å². The second-order valence-corrected chi connectivity index (χ2v) is 3.76. The lowest BCUT2D eigenvalue weighted by Gasteiger charge is -2.27. The number of ether oxygens (including phenoxy) is 1. The van der Waals surface area contributed by atoms with Crippen LogP contribution in [0.1, 0.15) is 32.1 Å². The van der Waals surface area contributed by atoms with Gasteiger partial charge in [0.25, 0.3) is 0 Å². The lowest BCUT2D eigenvalue weighted by molar-refractivity contribution is 0.170. The normalized spacial score (nSPS) is 34.2. The topological polar surface area (TPSA) is 9.23 Å². The van der Waals surface area contributed by atoms with E-state index in [2.05, 4.69) is 0 Å². The minimum atomic E-state index is 0.922. The molecule has 58 valence electrons. The van der Waals surface area contributed by atoms with Crippen LogP contribution in [0.3, 0.4) is 0 Å². The second kappa shape index (κ2) is 2.91. The average molecular weight is 140 g/mol. The molecule has 0 N–H and O–H groups in total. The van der Waals surface area contributed by atoms with Crippen LogP contribution in [0, 0.1) is 11.8 Å². The Morgan fingerprint density at radius 2 is 2.00 bits per heavy atom. The Morgan fingerprint density at radius 3 is 2.50 bits per heavy atom. The predicted molar refractivity (Wildman–Crippen MR) is 40.9 cm³/mol. The zero-order chi connectivity index (χ0) is 6.81. The maximum atomic E-state index is 5.33. The lowest BCUT2D eigenvalue weighted by Crippen LogP contribution is -2.15. The molecule has 0 amide bonds. The minimum absolute atomic E-state index is 0.922. The summed E-state index contributed by atoms with van der Waals surface area (Å²) in [4.78, 5) is 0. The van der Waals surface area contributed by atoms with E-state index in [-0.39, 0.29) is 0 Å². The van der Waals surface area contributed by atoms with E-state index in [1.54, 1.807) is 0 Å². The fourth-order valence-electron chi connectivity index (χ4n) is 1.97. The molecule has 0 aromatic heterocycles. The van der Waals surface area contributed by atoms with Crippen molar-refractivity contribution >= 4 is 0 Å². The molecule has 1 saturated heterocycles. The summed E-state index contributed by atoms with van der Waals surface area (Å²) in [6.07, 6.45) is 7.27. The monoisotopic (exact) mass is 140 g/mol. The van der Waals surface area contributed by atoms with Crippen LogP contribution in [-0.2, 0) is 4.74 Å². The summed E-state index contributed by atoms with van der Waals surface area (Å²) in [6.45, 7) is 2.08. The van der Waals surface area contributed by atoms with Gasteiger partial charge in [0.1, 0.15) is 0 Å². The van der Waals surface area contributed by atoms with Crippen molar-refractivity contribution in [2.45, 2.75) is 32.1 Å². The fraction of sp³-hybridized carbons (Fsp3) is 1.00. The van der Waals surface area contributed by atoms with Crippen molar-refractivity contribution in [3.8, 4) is 0 Å². The SMILES string of the molecule is C1CC(CC2CCOC2)C1. The third kappa shape index (κ3) is 1.34. The Balaban J connectivity index is 1.68. The Morgan fingerprint density at radius 1 is 1.10 bits per heavy atom. The summed E-state index contributed by atoms with van der Waals surface area (Å²) in [5.41, 5.74) is 0. The number of hydrogen-bond donors (Lipinski definition) is 0. The highest BCUT2D eigenvalue weighted by Gasteiger charge is 2.24. The van der Waals surface area contributed by atoms with E-state index in [0.29, 0.717) is 0 Å². The van der Waals surface area contributed by atoms with E-state index in [4.69, 9.17) is 4.74 Å². The van der Waals surface area contributed by atoms with E-state index >= 15 is 0 Å². The van der Waals surface area contributed by atoms with Crippen molar-refractivity contribution in [1.82, 2.24) is 0 Å². The van der Waals surface area contributed by atoms with Crippen LogP contribution < -0.4 is 0 Å². The van der Waals surface area contributed by atoms with Gasteiger partial charge in [0.05, 0.1) is 0 Å². The first-order chi connectivity index (χ1) is 4.95. The molecule has 2 rings (SSSR count). The van der Waals surface area contributed by atoms with Gasteiger partial charge in [0, 0.05) is 13.2 Å². The molecule has 2 fully saturated rings. The van der Waals surface area contributed by atoms with Crippen molar-refractivity contribution in [2.24, 2.45) is 11.8 Å². The van der Waals surface area contributed by atoms with Crippen LogP contribution in [0.4, 0.5) is 0 Å². The van der Waals surface area contributed by atoms with E-state index < -0.39 is 0 Å². The molecule has 1 heterocycles. The molecule has 1 saturated carbocycles. The standard InChI is InChI=1S/C9H16O/c1-2-8(3-1)6-9-4-5-10-7-9/h8-9H,1-7H2. The molecule has 0 bridgehead atoms. The second-order valence-electron chi connectivity index (χ2n) is 3.76. The third-order valence-corrected chi connectivity index (χ3v) is 2.92. The minimum Gasteiger partial charge on any atom is -0.381 e. The van der Waals surface area contributed by atoms with Crippen LogP contribution in [0.5, 0.6) is 0 Å². The molecule has 10 heavy (non-hydrogen) atoms. The van der Waals surface area contributed by atoms with Crippen LogP contribution in [0.2, 0.25) is 0 Å². The van der Waals surface area contributed by atoms with Crippen LogP contribution in [0.25, 0.3) is 0 Å². The Labute approximate surface area is 62.8 Å². The molecule has 1 aliphatic heterocycles. The van der Waals surface area contributed by atoms with Gasteiger partial charge in [0.2, 0.25) is 0 Å². The fourth-order valence-corrected chi connectivity index (χ4v) is 1.97. The maximum absolute atomic E-state index is 5.33. The van der Waals surface area contributed by atoms with Gasteiger partial charge in [-0.1, -0.05) is 19.3 Å². The molecule has 2 aliphatic rings. The van der Waals surface area contributed by atoms with Crippen molar-refractivity contribution in [3.05, 3.63) is 0 Å². The van der Waals surface area contributed by atoms with Gasteiger partial charge in [-0.15, -0.1) is 0 Å². The highest BCUT2D eigenvalue weighted by atomic mass is 16.5. The first-order valence-corrected chi connectivity index (χ1v) is 4.53. The zero-order valence-electron chi connectivity index (χ0n) is 6.51. The smallest absolute Gasteiger partial charge is 0.0495 e. The molecular weight excluding hydrogens is 124 g/mol. The van der Waals surface area contributed by atoms with Crippen molar-refractivity contribution in [1.29, 1.82) is 0 Å². The number of rotatable bonds is 2. The van der Waals surface area contributed by atoms with Gasteiger partial charge in [-0.25, -0.2) is 0 Å². The van der Waals surface area contributed by atoms with Crippen LogP contribution in [0.15, 0.2) is 0 Å². The summed E-state index contributed by atoms with van der Waals surface area (Å²) in [5, 5.41) is 0. The molecule has 0 aromatic rings. The first-order valence-electron chi connectivity index (χ1n) is 4.53. The maximum Gasteiger partial charge on any atom is 0.0495 e. The van der Waals surface area contributed by atoms with Crippen molar-refractivity contribution < 1.29 is 4.74 Å². The van der Waals surface area contributed by atoms with Gasteiger partial charge >= 0.3 is 0 Å². The van der Waals surface area contributed by atoms with E-state index in [9.17, 15) is 0 Å². The number of hydrogen-bond acceptors (Lipinski definition) is 1. The first kappa shape index (κ1) is 6.66. The summed E-state index contributed by atoms with van der Waals surface area (Å²) in [5.74, 6) is 2.00. The molecule has 0 spiro atoms. The summed E-state index contributed by atoms with van der Waals surface area (Å²) >= 11 is 0. The van der Waals surface area contributed by atoms with Gasteiger partial charge < -0.3 is 4.74 Å². The molecule has 1 nitrogen and oxygen atoms in total. The quantitative estimate of drug-likeness (QED) is 0.571. The summed E-state index contributed by atoms with van der Waals surface area (Å²) in [6, 6.07) is 0. The van der Waals surface area contributed by atoms with Crippen molar-refractivity contribution in [2.75, 3.05) is 13.2 Å². The largest absolute Gasteiger partial charge is 0.381 e. The molecule has 1 aliphatic carbocycles. The molecule has 1 unspecified atom stereocenters. The van der Waals surface area contributed by atoms with Gasteiger partial charge in [-0.05, 0) is 24.7 Å². The van der Waals surface area contributed by atoms with E-state index in [1.165, 1.54) is 32.1 Å². The van der Waals surface area contributed by atoms with Crippen molar-refractivity contribution in [3.63, 3.8) is 0 Å². The van der Waals surface area contributed by atoms with Gasteiger partial charge in [-0.3, -0.25) is 0 Å². The zero-order valence-corrected chi connectivity index (χ0v) is 6.51. The molecule has 0 aromatic carbocycles. The van der Waals surface area contributed by atoms with Crippen LogP contribution in [-0.4, -0.2) is 13.2 Å². The molecule has 0 radical (unpaired) electrons. The molecule has 1 atom stereocenters. The molecular formula is C9H16O. The summed E-state index contributed by atoms with van der Waals surface area (Å²) in [7, 11) is 0. The average Bonchev–Trinajstić information content (AvgIpc) is 2.29. The van der Waals surface area contributed by atoms with Gasteiger partial charge in [-0.2, -0.15) is 0 Å². The highest BCUT2D eigenvalue weighted by Crippen LogP contribution is 2.34. The molecule has 1 heteroatoms. The van der Waals surface area contributed by atoms with Gasteiger partial charge in [0.15, 0.2) is 0 Å². The third-order valence-electron chi connectivity index (χ3n) is 2.92. The predicted octanol–water partition coefficient (Wildman–Crippen LogP) is 2.21. The Bertz CT molecular complexity index is 101. The lowest BCUT2D eigenvalue weighted by atomic mass is 9.79. The van der Waals surface area contributed by atoms with E-state index in [1.807, 2.05) is 0 Å². The van der Waals surface area contributed by atoms with E-state index in [0.717, 1.165) is 25.0 Å². The Hall–Kier alpha value is -0.0400. The highest BCUT2D eigenvalue weighted by molar-refractivity contribution is 4.75. The Kier molecular flexibility index (Phi) is 1.94.